The zero-order valence-electron chi connectivity index (χ0n) is 8.83. The molecule has 0 bridgehead atoms. The summed E-state index contributed by atoms with van der Waals surface area (Å²) in [6.45, 7) is 4.18. The second kappa shape index (κ2) is 3.99. The molecule has 2 N–H and O–H groups in total. The number of halogens is 1. The van der Waals surface area contributed by atoms with Gasteiger partial charge in [-0.15, -0.1) is 0 Å². The fourth-order valence-corrected chi connectivity index (χ4v) is 2.00. The van der Waals surface area contributed by atoms with Gasteiger partial charge in [0.05, 0.1) is 10.5 Å². The molecule has 2 nitrogen and oxygen atoms in total. The van der Waals surface area contributed by atoms with Crippen LogP contribution in [0, 0.1) is 5.92 Å². The third-order valence-corrected chi connectivity index (χ3v) is 3.19. The van der Waals surface area contributed by atoms with Crippen molar-refractivity contribution in [3.05, 3.63) is 34.5 Å². The van der Waals surface area contributed by atoms with Gasteiger partial charge < -0.3 is 10.2 Å². The predicted octanol–water partition coefficient (Wildman–Crippen LogP) is 3.85. The summed E-state index contributed by atoms with van der Waals surface area (Å²) in [4.78, 5) is 0. The average molecular weight is 268 g/mol. The first-order valence-corrected chi connectivity index (χ1v) is 5.82. The van der Waals surface area contributed by atoms with E-state index in [0.29, 0.717) is 5.92 Å². The SMILES string of the molecule is CC(C)C(N)c1cc2cccc(Br)c2o1. The van der Waals surface area contributed by atoms with Gasteiger partial charge in [0.15, 0.2) is 0 Å². The van der Waals surface area contributed by atoms with Crippen molar-refractivity contribution in [2.45, 2.75) is 19.9 Å². The van der Waals surface area contributed by atoms with E-state index in [9.17, 15) is 0 Å². The van der Waals surface area contributed by atoms with E-state index in [1.165, 1.54) is 0 Å². The Balaban J connectivity index is 2.52. The molecule has 0 amide bonds. The van der Waals surface area contributed by atoms with Gasteiger partial charge in [-0.25, -0.2) is 0 Å². The Morgan fingerprint density at radius 3 is 2.67 bits per heavy atom. The number of furan rings is 1. The van der Waals surface area contributed by atoms with E-state index >= 15 is 0 Å². The van der Waals surface area contributed by atoms with Crippen LogP contribution in [0.1, 0.15) is 25.6 Å². The van der Waals surface area contributed by atoms with Crippen LogP contribution in [0.5, 0.6) is 0 Å². The molecular formula is C12H14BrNO. The minimum atomic E-state index is -0.0377. The van der Waals surface area contributed by atoms with E-state index < -0.39 is 0 Å². The number of hydrogen-bond donors (Lipinski definition) is 1. The molecule has 1 heterocycles. The normalized spacial score (nSPS) is 13.7. The highest BCUT2D eigenvalue weighted by Gasteiger charge is 2.16. The molecule has 0 aliphatic heterocycles. The van der Waals surface area contributed by atoms with Crippen LogP contribution in [-0.2, 0) is 0 Å². The molecule has 2 aromatic rings. The van der Waals surface area contributed by atoms with Crippen LogP contribution in [0.25, 0.3) is 11.0 Å². The number of fused-ring (bicyclic) bond motifs is 1. The number of para-hydroxylation sites is 1. The second-order valence-corrected chi connectivity index (χ2v) is 4.93. The molecule has 80 valence electrons. The fourth-order valence-electron chi connectivity index (χ4n) is 1.54. The topological polar surface area (TPSA) is 39.2 Å². The minimum absolute atomic E-state index is 0.0377. The molecule has 15 heavy (non-hydrogen) atoms. The highest BCUT2D eigenvalue weighted by molar-refractivity contribution is 9.10. The molecule has 1 atom stereocenters. The molecule has 0 saturated carbocycles. The number of nitrogens with two attached hydrogens (primary N) is 1. The van der Waals surface area contributed by atoms with Crippen LogP contribution >= 0.6 is 15.9 Å². The Bertz CT molecular complexity index is 475. The lowest BCUT2D eigenvalue weighted by Gasteiger charge is -2.11. The van der Waals surface area contributed by atoms with Crippen LogP contribution in [-0.4, -0.2) is 0 Å². The first-order chi connectivity index (χ1) is 7.09. The lowest BCUT2D eigenvalue weighted by atomic mass is 10.0. The summed E-state index contributed by atoms with van der Waals surface area (Å²) in [6, 6.07) is 7.97. The van der Waals surface area contributed by atoms with Crippen molar-refractivity contribution in [3.63, 3.8) is 0 Å². The van der Waals surface area contributed by atoms with Crippen LogP contribution in [0.15, 0.2) is 33.2 Å². The van der Waals surface area contributed by atoms with Crippen LogP contribution in [0.4, 0.5) is 0 Å². The molecule has 0 aliphatic rings. The highest BCUT2D eigenvalue weighted by atomic mass is 79.9. The molecule has 2 rings (SSSR count). The number of rotatable bonds is 2. The minimum Gasteiger partial charge on any atom is -0.458 e. The Kier molecular flexibility index (Phi) is 2.85. The van der Waals surface area contributed by atoms with Gasteiger partial charge in [0.1, 0.15) is 11.3 Å². The Labute approximate surface area is 97.6 Å². The summed E-state index contributed by atoms with van der Waals surface area (Å²) in [6.07, 6.45) is 0. The van der Waals surface area contributed by atoms with Gasteiger partial charge in [-0.3, -0.25) is 0 Å². The molecule has 3 heteroatoms. The maximum absolute atomic E-state index is 6.04. The maximum atomic E-state index is 6.04. The maximum Gasteiger partial charge on any atom is 0.148 e. The van der Waals surface area contributed by atoms with Gasteiger partial charge in [-0.2, -0.15) is 0 Å². The Hall–Kier alpha value is -0.800. The Morgan fingerprint density at radius 2 is 2.07 bits per heavy atom. The third-order valence-electron chi connectivity index (χ3n) is 2.56. The van der Waals surface area contributed by atoms with E-state index in [0.717, 1.165) is 21.2 Å². The smallest absolute Gasteiger partial charge is 0.148 e. The van der Waals surface area contributed by atoms with Crippen molar-refractivity contribution < 1.29 is 4.42 Å². The fraction of sp³-hybridized carbons (Fsp3) is 0.333. The van der Waals surface area contributed by atoms with Crippen molar-refractivity contribution in [1.29, 1.82) is 0 Å². The standard InChI is InChI=1S/C12H14BrNO/c1-7(2)11(14)10-6-8-4-3-5-9(13)12(8)15-10/h3-7,11H,14H2,1-2H3. The number of benzene rings is 1. The molecule has 0 radical (unpaired) electrons. The summed E-state index contributed by atoms with van der Waals surface area (Å²) < 4.78 is 6.72. The van der Waals surface area contributed by atoms with Crippen molar-refractivity contribution in [3.8, 4) is 0 Å². The summed E-state index contributed by atoms with van der Waals surface area (Å²) in [5, 5.41) is 1.09. The second-order valence-electron chi connectivity index (χ2n) is 4.08. The van der Waals surface area contributed by atoms with Gasteiger partial charge >= 0.3 is 0 Å². The van der Waals surface area contributed by atoms with Crippen molar-refractivity contribution in [2.24, 2.45) is 11.7 Å². The van der Waals surface area contributed by atoms with Crippen molar-refractivity contribution >= 4 is 26.9 Å². The Morgan fingerprint density at radius 1 is 1.33 bits per heavy atom. The quantitative estimate of drug-likeness (QED) is 0.898. The van der Waals surface area contributed by atoms with Gasteiger partial charge in [-0.05, 0) is 34.0 Å². The van der Waals surface area contributed by atoms with E-state index in [2.05, 4.69) is 29.8 Å². The molecular weight excluding hydrogens is 254 g/mol. The number of hydrogen-bond acceptors (Lipinski definition) is 2. The van der Waals surface area contributed by atoms with Gasteiger partial charge in [-0.1, -0.05) is 26.0 Å². The monoisotopic (exact) mass is 267 g/mol. The first-order valence-electron chi connectivity index (χ1n) is 5.03. The summed E-state index contributed by atoms with van der Waals surface area (Å²) in [5.74, 6) is 1.23. The van der Waals surface area contributed by atoms with Crippen LogP contribution < -0.4 is 5.73 Å². The largest absolute Gasteiger partial charge is 0.458 e. The van der Waals surface area contributed by atoms with Crippen molar-refractivity contribution in [1.82, 2.24) is 0 Å². The predicted molar refractivity (Wildman–Crippen MR) is 65.7 cm³/mol. The molecule has 0 aliphatic carbocycles. The van der Waals surface area contributed by atoms with E-state index in [4.69, 9.17) is 10.2 Å². The van der Waals surface area contributed by atoms with E-state index in [1.807, 2.05) is 24.3 Å². The third kappa shape index (κ3) is 1.94. The summed E-state index contributed by atoms with van der Waals surface area (Å²) in [5.41, 5.74) is 6.92. The lowest BCUT2D eigenvalue weighted by Crippen LogP contribution is -2.15. The molecule has 1 aromatic heterocycles. The molecule has 1 aromatic carbocycles. The highest BCUT2D eigenvalue weighted by Crippen LogP contribution is 2.30. The van der Waals surface area contributed by atoms with Gasteiger partial charge in [0.25, 0.3) is 0 Å². The van der Waals surface area contributed by atoms with Crippen LogP contribution in [0.3, 0.4) is 0 Å². The molecule has 1 unspecified atom stereocenters. The molecule has 0 spiro atoms. The van der Waals surface area contributed by atoms with E-state index in [1.54, 1.807) is 0 Å². The molecule has 0 saturated heterocycles. The van der Waals surface area contributed by atoms with E-state index in [-0.39, 0.29) is 6.04 Å². The zero-order chi connectivity index (χ0) is 11.0. The van der Waals surface area contributed by atoms with Crippen LogP contribution in [0.2, 0.25) is 0 Å². The van der Waals surface area contributed by atoms with Gasteiger partial charge in [0, 0.05) is 5.39 Å². The average Bonchev–Trinajstić information content (AvgIpc) is 2.61. The van der Waals surface area contributed by atoms with Crippen molar-refractivity contribution in [2.75, 3.05) is 0 Å². The summed E-state index contributed by atoms with van der Waals surface area (Å²) in [7, 11) is 0. The lowest BCUT2D eigenvalue weighted by molar-refractivity contribution is 0.418. The zero-order valence-corrected chi connectivity index (χ0v) is 10.4. The summed E-state index contributed by atoms with van der Waals surface area (Å²) >= 11 is 3.46. The first kappa shape index (κ1) is 10.7. The molecule has 0 fully saturated rings. The van der Waals surface area contributed by atoms with Gasteiger partial charge in [0.2, 0.25) is 0 Å².